The van der Waals surface area contributed by atoms with Crippen LogP contribution in [-0.2, 0) is 5.54 Å². The third kappa shape index (κ3) is 2.92. The predicted octanol–water partition coefficient (Wildman–Crippen LogP) is 2.51. The number of rotatable bonds is 3. The van der Waals surface area contributed by atoms with Gasteiger partial charge in [-0.1, -0.05) is 0 Å². The minimum absolute atomic E-state index is 0.0605. The Morgan fingerprint density at radius 3 is 2.55 bits per heavy atom. The quantitative estimate of drug-likeness (QED) is 0.901. The van der Waals surface area contributed by atoms with Crippen LogP contribution in [0.2, 0.25) is 0 Å². The molecule has 1 heterocycles. The van der Waals surface area contributed by atoms with E-state index < -0.39 is 17.2 Å². The topological polar surface area (TPSA) is 52.6 Å². The molecule has 1 aromatic carbocycles. The third-order valence-electron chi connectivity index (χ3n) is 4.61. The summed E-state index contributed by atoms with van der Waals surface area (Å²) in [6.07, 6.45) is 4.02. The maximum absolute atomic E-state index is 13.4. The summed E-state index contributed by atoms with van der Waals surface area (Å²) in [6.45, 7) is 0.541. The minimum Gasteiger partial charge on any atom is -0.394 e. The van der Waals surface area contributed by atoms with Crippen LogP contribution in [0.4, 0.5) is 13.6 Å². The van der Waals surface area contributed by atoms with Crippen LogP contribution < -0.4 is 5.32 Å². The largest absolute Gasteiger partial charge is 0.394 e. The lowest BCUT2D eigenvalue weighted by atomic mass is 10.0. The number of likely N-dealkylation sites (tertiary alicyclic amines) is 1. The van der Waals surface area contributed by atoms with E-state index in [0.29, 0.717) is 24.9 Å². The fraction of sp³-hybridized carbons (Fsp3) is 0.562. The summed E-state index contributed by atoms with van der Waals surface area (Å²) < 4.78 is 26.8. The fourth-order valence-corrected chi connectivity index (χ4v) is 3.18. The van der Waals surface area contributed by atoms with E-state index in [9.17, 15) is 18.7 Å². The Hall–Kier alpha value is -1.69. The average Bonchev–Trinajstić information content (AvgIpc) is 3.27. The SMILES string of the molecule is O=C(NC1(c2cc(F)cc(F)c2)CC1)N1CCCCC1CO. The number of hydrogen-bond acceptors (Lipinski definition) is 2. The Balaban J connectivity index is 1.75. The van der Waals surface area contributed by atoms with Crippen LogP contribution in [-0.4, -0.2) is 35.2 Å². The van der Waals surface area contributed by atoms with E-state index in [2.05, 4.69) is 5.32 Å². The molecule has 2 N–H and O–H groups in total. The van der Waals surface area contributed by atoms with Gasteiger partial charge in [0.2, 0.25) is 0 Å². The van der Waals surface area contributed by atoms with Crippen molar-refractivity contribution in [1.29, 1.82) is 0 Å². The van der Waals surface area contributed by atoms with Gasteiger partial charge in [0.25, 0.3) is 0 Å². The summed E-state index contributed by atoms with van der Waals surface area (Å²) in [5.74, 6) is -1.27. The fourth-order valence-electron chi connectivity index (χ4n) is 3.18. The molecule has 22 heavy (non-hydrogen) atoms. The summed E-state index contributed by atoms with van der Waals surface area (Å²) in [5, 5.41) is 12.3. The molecule has 1 atom stereocenters. The zero-order valence-electron chi connectivity index (χ0n) is 12.3. The number of amides is 2. The number of halogens is 2. The van der Waals surface area contributed by atoms with Crippen molar-refractivity contribution >= 4 is 6.03 Å². The Bertz CT molecular complexity index is 555. The second-order valence-corrected chi connectivity index (χ2v) is 6.20. The molecule has 1 aliphatic heterocycles. The first-order valence-electron chi connectivity index (χ1n) is 7.70. The van der Waals surface area contributed by atoms with Gasteiger partial charge in [-0.05, 0) is 49.8 Å². The highest BCUT2D eigenvalue weighted by Crippen LogP contribution is 2.46. The standard InChI is InChI=1S/C16H20F2N2O2/c17-12-7-11(8-13(18)9-12)16(4-5-16)19-15(22)20-6-2-1-3-14(20)10-21/h7-9,14,21H,1-6,10H2,(H,19,22). The van der Waals surface area contributed by atoms with Gasteiger partial charge in [0, 0.05) is 12.6 Å². The molecule has 1 saturated heterocycles. The van der Waals surface area contributed by atoms with Crippen molar-refractivity contribution in [3.63, 3.8) is 0 Å². The number of nitrogens with one attached hydrogen (secondary N) is 1. The van der Waals surface area contributed by atoms with E-state index in [-0.39, 0.29) is 18.7 Å². The molecule has 2 fully saturated rings. The number of nitrogens with zero attached hydrogens (tertiary/aromatic N) is 1. The lowest BCUT2D eigenvalue weighted by Crippen LogP contribution is -2.52. The van der Waals surface area contributed by atoms with Gasteiger partial charge in [-0.15, -0.1) is 0 Å². The zero-order chi connectivity index (χ0) is 15.7. The number of piperidine rings is 1. The van der Waals surface area contributed by atoms with Crippen molar-refractivity contribution in [3.8, 4) is 0 Å². The van der Waals surface area contributed by atoms with Gasteiger partial charge in [0.05, 0.1) is 18.2 Å². The molecular formula is C16H20F2N2O2. The summed E-state index contributed by atoms with van der Waals surface area (Å²) >= 11 is 0. The van der Waals surface area contributed by atoms with Crippen molar-refractivity contribution in [2.45, 2.75) is 43.7 Å². The summed E-state index contributed by atoms with van der Waals surface area (Å²) in [4.78, 5) is 14.1. The van der Waals surface area contributed by atoms with E-state index in [1.54, 1.807) is 4.90 Å². The van der Waals surface area contributed by atoms with E-state index in [1.165, 1.54) is 12.1 Å². The molecule has 1 aliphatic carbocycles. The first-order chi connectivity index (χ1) is 10.5. The Morgan fingerprint density at radius 1 is 1.27 bits per heavy atom. The Labute approximate surface area is 128 Å². The first kappa shape index (κ1) is 15.2. The number of carbonyl (C=O) groups is 1. The van der Waals surface area contributed by atoms with E-state index in [4.69, 9.17) is 0 Å². The van der Waals surface area contributed by atoms with Crippen LogP contribution in [0.15, 0.2) is 18.2 Å². The van der Waals surface area contributed by atoms with Crippen molar-refractivity contribution in [3.05, 3.63) is 35.4 Å². The Kier molecular flexibility index (Phi) is 4.04. The average molecular weight is 310 g/mol. The van der Waals surface area contributed by atoms with Crippen LogP contribution >= 0.6 is 0 Å². The number of hydrogen-bond donors (Lipinski definition) is 2. The highest BCUT2D eigenvalue weighted by molar-refractivity contribution is 5.76. The third-order valence-corrected chi connectivity index (χ3v) is 4.61. The van der Waals surface area contributed by atoms with Crippen LogP contribution in [0.5, 0.6) is 0 Å². The monoisotopic (exact) mass is 310 g/mol. The molecule has 0 aromatic heterocycles. The lowest BCUT2D eigenvalue weighted by molar-refractivity contribution is 0.105. The normalized spacial score (nSPS) is 23.2. The van der Waals surface area contributed by atoms with Crippen molar-refractivity contribution in [2.75, 3.05) is 13.2 Å². The predicted molar refractivity (Wildman–Crippen MR) is 77.2 cm³/mol. The van der Waals surface area contributed by atoms with Gasteiger partial charge in [0.15, 0.2) is 0 Å². The Morgan fingerprint density at radius 2 is 1.95 bits per heavy atom. The second kappa shape index (κ2) is 5.83. The van der Waals surface area contributed by atoms with Crippen molar-refractivity contribution in [1.82, 2.24) is 10.2 Å². The lowest BCUT2D eigenvalue weighted by Gasteiger charge is -2.36. The zero-order valence-corrected chi connectivity index (χ0v) is 12.3. The molecule has 1 unspecified atom stereocenters. The smallest absolute Gasteiger partial charge is 0.318 e. The number of benzene rings is 1. The van der Waals surface area contributed by atoms with E-state index in [0.717, 1.165) is 25.3 Å². The molecule has 6 heteroatoms. The van der Waals surface area contributed by atoms with Crippen LogP contribution in [0, 0.1) is 11.6 Å². The van der Waals surface area contributed by atoms with E-state index in [1.807, 2.05) is 0 Å². The maximum atomic E-state index is 13.4. The van der Waals surface area contributed by atoms with Gasteiger partial charge < -0.3 is 15.3 Å². The highest BCUT2D eigenvalue weighted by Gasteiger charge is 2.47. The molecule has 1 aromatic rings. The minimum atomic E-state index is -0.669. The number of aliphatic hydroxyl groups is 1. The van der Waals surface area contributed by atoms with Crippen LogP contribution in [0.1, 0.15) is 37.7 Å². The van der Waals surface area contributed by atoms with Crippen LogP contribution in [0.3, 0.4) is 0 Å². The van der Waals surface area contributed by atoms with E-state index >= 15 is 0 Å². The van der Waals surface area contributed by atoms with Gasteiger partial charge in [-0.3, -0.25) is 0 Å². The summed E-state index contributed by atoms with van der Waals surface area (Å²) in [7, 11) is 0. The molecule has 0 spiro atoms. The summed E-state index contributed by atoms with van der Waals surface area (Å²) in [6, 6.07) is 2.94. The van der Waals surface area contributed by atoms with Gasteiger partial charge in [-0.25, -0.2) is 13.6 Å². The van der Waals surface area contributed by atoms with Crippen LogP contribution in [0.25, 0.3) is 0 Å². The maximum Gasteiger partial charge on any atom is 0.318 e. The molecular weight excluding hydrogens is 290 g/mol. The number of carbonyl (C=O) groups excluding carboxylic acids is 1. The van der Waals surface area contributed by atoms with Gasteiger partial charge in [-0.2, -0.15) is 0 Å². The molecule has 0 bridgehead atoms. The highest BCUT2D eigenvalue weighted by atomic mass is 19.1. The molecule has 0 radical (unpaired) electrons. The second-order valence-electron chi connectivity index (χ2n) is 6.20. The number of urea groups is 1. The molecule has 120 valence electrons. The van der Waals surface area contributed by atoms with Crippen molar-refractivity contribution < 1.29 is 18.7 Å². The van der Waals surface area contributed by atoms with Gasteiger partial charge >= 0.3 is 6.03 Å². The molecule has 1 saturated carbocycles. The van der Waals surface area contributed by atoms with Gasteiger partial charge in [0.1, 0.15) is 11.6 Å². The number of aliphatic hydroxyl groups excluding tert-OH is 1. The summed E-state index contributed by atoms with van der Waals surface area (Å²) in [5.41, 5.74) is -0.201. The van der Waals surface area contributed by atoms with Crippen molar-refractivity contribution in [2.24, 2.45) is 0 Å². The first-order valence-corrected chi connectivity index (χ1v) is 7.70. The molecule has 2 aliphatic rings. The molecule has 4 nitrogen and oxygen atoms in total. The molecule has 2 amide bonds. The molecule has 3 rings (SSSR count).